The van der Waals surface area contributed by atoms with Crippen LogP contribution in [0.1, 0.15) is 44.1 Å². The first-order chi connectivity index (χ1) is 13.1. The van der Waals surface area contributed by atoms with Crippen molar-refractivity contribution >= 4 is 23.4 Å². The van der Waals surface area contributed by atoms with Crippen LogP contribution in [-0.4, -0.2) is 42.8 Å². The van der Waals surface area contributed by atoms with Crippen LogP contribution in [0.15, 0.2) is 18.2 Å². The Bertz CT molecular complexity index is 619. The van der Waals surface area contributed by atoms with E-state index in [1.54, 1.807) is 12.1 Å². The van der Waals surface area contributed by atoms with Crippen LogP contribution >= 0.6 is 11.8 Å². The largest absolute Gasteiger partial charge is 0.490 e. The van der Waals surface area contributed by atoms with E-state index in [2.05, 4.69) is 10.6 Å². The lowest BCUT2D eigenvalue weighted by molar-refractivity contribution is -0.385. The summed E-state index contributed by atoms with van der Waals surface area (Å²) < 4.78 is 4.99. The summed E-state index contributed by atoms with van der Waals surface area (Å²) >= 11 is 1.44. The van der Waals surface area contributed by atoms with Gasteiger partial charge in [-0.2, -0.15) is 0 Å². The molecule has 0 heterocycles. The maximum absolute atomic E-state index is 11.9. The Labute approximate surface area is 164 Å². The molecule has 27 heavy (non-hydrogen) atoms. The number of carbonyl (C=O) groups excluding carboxylic acids is 1. The molecule has 1 amide bonds. The van der Waals surface area contributed by atoms with Gasteiger partial charge in [0, 0.05) is 31.0 Å². The third kappa shape index (κ3) is 7.76. The number of nitro benzene ring substituents is 1. The number of nitrogens with one attached hydrogen (secondary N) is 2. The van der Waals surface area contributed by atoms with Gasteiger partial charge in [0.15, 0.2) is 5.75 Å². The maximum Gasteiger partial charge on any atom is 0.311 e. The van der Waals surface area contributed by atoms with Crippen molar-refractivity contribution in [3.63, 3.8) is 0 Å². The molecule has 1 aromatic rings. The van der Waals surface area contributed by atoms with Gasteiger partial charge in [0.25, 0.3) is 0 Å². The number of nitro groups is 1. The van der Waals surface area contributed by atoms with Gasteiger partial charge >= 0.3 is 5.69 Å². The van der Waals surface area contributed by atoms with Gasteiger partial charge in [0.05, 0.1) is 17.8 Å². The van der Waals surface area contributed by atoms with E-state index in [1.807, 2.05) is 0 Å². The summed E-state index contributed by atoms with van der Waals surface area (Å²) in [7, 11) is 1.41. The van der Waals surface area contributed by atoms with Crippen LogP contribution in [-0.2, 0) is 10.5 Å². The minimum atomic E-state index is -0.457. The predicted octanol–water partition coefficient (Wildman–Crippen LogP) is 3.27. The first kappa shape index (κ1) is 21.5. The summed E-state index contributed by atoms with van der Waals surface area (Å²) in [4.78, 5) is 22.5. The molecular formula is C19H29N3O4S. The highest BCUT2D eigenvalue weighted by Crippen LogP contribution is 2.28. The van der Waals surface area contributed by atoms with E-state index < -0.39 is 4.92 Å². The molecule has 0 bridgehead atoms. The summed E-state index contributed by atoms with van der Waals surface area (Å²) in [5.41, 5.74) is 0.750. The molecule has 2 N–H and O–H groups in total. The van der Waals surface area contributed by atoms with Gasteiger partial charge in [-0.3, -0.25) is 14.9 Å². The Morgan fingerprint density at radius 3 is 2.67 bits per heavy atom. The molecule has 0 atom stereocenters. The number of nitrogens with zero attached hydrogens (tertiary/aromatic N) is 1. The fourth-order valence-electron chi connectivity index (χ4n) is 3.24. The number of hydrogen-bond acceptors (Lipinski definition) is 6. The molecule has 0 aliphatic heterocycles. The summed E-state index contributed by atoms with van der Waals surface area (Å²) in [6, 6.07) is 5.46. The van der Waals surface area contributed by atoms with E-state index >= 15 is 0 Å². The Balaban J connectivity index is 1.63. The van der Waals surface area contributed by atoms with Crippen LogP contribution in [0.3, 0.4) is 0 Å². The van der Waals surface area contributed by atoms with Crippen molar-refractivity contribution in [3.05, 3.63) is 33.9 Å². The average molecular weight is 396 g/mol. The van der Waals surface area contributed by atoms with Crippen LogP contribution in [0.4, 0.5) is 5.69 Å². The van der Waals surface area contributed by atoms with E-state index in [4.69, 9.17) is 4.74 Å². The smallest absolute Gasteiger partial charge is 0.311 e. The van der Waals surface area contributed by atoms with Crippen molar-refractivity contribution in [2.24, 2.45) is 0 Å². The molecule has 0 saturated heterocycles. The molecule has 7 nitrogen and oxygen atoms in total. The number of hydrogen-bond donors (Lipinski definition) is 2. The van der Waals surface area contributed by atoms with Gasteiger partial charge in [-0.05, 0) is 24.5 Å². The van der Waals surface area contributed by atoms with Gasteiger partial charge < -0.3 is 15.4 Å². The Kier molecular flexibility index (Phi) is 9.41. The normalized spacial score (nSPS) is 15.1. The molecule has 0 spiro atoms. The fourth-order valence-corrected chi connectivity index (χ4v) is 4.05. The molecule has 8 heteroatoms. The molecule has 1 fully saturated rings. The van der Waals surface area contributed by atoms with Crippen LogP contribution in [0.25, 0.3) is 0 Å². The standard InChI is InChI=1S/C19H29N3O4S/c1-26-18-9-8-15(12-17(18)22(24)25)13-27-14-19(23)21-11-10-20-16-6-4-2-3-5-7-16/h8-9,12,16,20H,2-7,10-11,13-14H2,1H3,(H,21,23). The van der Waals surface area contributed by atoms with Crippen molar-refractivity contribution in [2.75, 3.05) is 26.0 Å². The van der Waals surface area contributed by atoms with Gasteiger partial charge in [0.2, 0.25) is 5.91 Å². The van der Waals surface area contributed by atoms with Gasteiger partial charge in [0.1, 0.15) is 0 Å². The van der Waals surface area contributed by atoms with Crippen molar-refractivity contribution < 1.29 is 14.5 Å². The molecule has 0 aromatic heterocycles. The Hall–Kier alpha value is -1.80. The first-order valence-corrected chi connectivity index (χ1v) is 10.6. The minimum Gasteiger partial charge on any atom is -0.490 e. The van der Waals surface area contributed by atoms with E-state index in [0.29, 0.717) is 24.1 Å². The summed E-state index contributed by atoms with van der Waals surface area (Å²) in [6.07, 6.45) is 7.73. The average Bonchev–Trinajstić information content (AvgIpc) is 2.94. The monoisotopic (exact) mass is 395 g/mol. The van der Waals surface area contributed by atoms with Crippen LogP contribution in [0, 0.1) is 10.1 Å². The van der Waals surface area contributed by atoms with Gasteiger partial charge in [-0.15, -0.1) is 11.8 Å². The molecule has 1 aliphatic rings. The van der Waals surface area contributed by atoms with Crippen molar-refractivity contribution in [1.82, 2.24) is 10.6 Å². The van der Waals surface area contributed by atoms with E-state index in [0.717, 1.165) is 12.1 Å². The van der Waals surface area contributed by atoms with Crippen molar-refractivity contribution in [1.29, 1.82) is 0 Å². The zero-order valence-electron chi connectivity index (χ0n) is 15.9. The SMILES string of the molecule is COc1ccc(CSCC(=O)NCCNC2CCCCCC2)cc1[N+](=O)[O-]. The zero-order valence-corrected chi connectivity index (χ0v) is 16.7. The van der Waals surface area contributed by atoms with Crippen LogP contribution in [0.2, 0.25) is 0 Å². The maximum atomic E-state index is 11.9. The van der Waals surface area contributed by atoms with Crippen molar-refractivity contribution in [2.45, 2.75) is 50.3 Å². The van der Waals surface area contributed by atoms with E-state index in [1.165, 1.54) is 63.5 Å². The minimum absolute atomic E-state index is 0.00863. The highest BCUT2D eigenvalue weighted by molar-refractivity contribution is 7.99. The summed E-state index contributed by atoms with van der Waals surface area (Å²) in [5, 5.41) is 17.5. The summed E-state index contributed by atoms with van der Waals surface area (Å²) in [5.74, 6) is 1.11. The first-order valence-electron chi connectivity index (χ1n) is 9.49. The molecule has 150 valence electrons. The lowest BCUT2D eigenvalue weighted by Crippen LogP contribution is -2.37. The number of ether oxygens (including phenoxy) is 1. The lowest BCUT2D eigenvalue weighted by Gasteiger charge is -2.16. The zero-order chi connectivity index (χ0) is 19.5. The third-order valence-electron chi connectivity index (χ3n) is 4.68. The second kappa shape index (κ2) is 11.8. The number of carbonyl (C=O) groups is 1. The van der Waals surface area contributed by atoms with Gasteiger partial charge in [-0.1, -0.05) is 31.7 Å². The molecule has 1 aromatic carbocycles. The third-order valence-corrected chi connectivity index (χ3v) is 5.68. The predicted molar refractivity (Wildman–Crippen MR) is 108 cm³/mol. The number of rotatable bonds is 10. The molecule has 1 aliphatic carbocycles. The molecule has 0 unspecified atom stereocenters. The topological polar surface area (TPSA) is 93.5 Å². The number of thioether (sulfide) groups is 1. The molecule has 2 rings (SSSR count). The Morgan fingerprint density at radius 2 is 2.00 bits per heavy atom. The van der Waals surface area contributed by atoms with E-state index in [9.17, 15) is 14.9 Å². The highest BCUT2D eigenvalue weighted by Gasteiger charge is 2.15. The van der Waals surface area contributed by atoms with Crippen molar-refractivity contribution in [3.8, 4) is 5.75 Å². The number of amides is 1. The molecule has 1 saturated carbocycles. The molecular weight excluding hydrogens is 366 g/mol. The number of methoxy groups -OCH3 is 1. The highest BCUT2D eigenvalue weighted by atomic mass is 32.2. The lowest BCUT2D eigenvalue weighted by atomic mass is 10.1. The molecule has 0 radical (unpaired) electrons. The fraction of sp³-hybridized carbons (Fsp3) is 0.632. The van der Waals surface area contributed by atoms with Crippen LogP contribution in [0.5, 0.6) is 5.75 Å². The Morgan fingerprint density at radius 1 is 1.26 bits per heavy atom. The number of benzene rings is 1. The van der Waals surface area contributed by atoms with Crippen LogP contribution < -0.4 is 15.4 Å². The second-order valence-corrected chi connectivity index (χ2v) is 7.73. The van der Waals surface area contributed by atoms with Gasteiger partial charge in [-0.25, -0.2) is 0 Å². The second-order valence-electron chi connectivity index (χ2n) is 6.75. The quantitative estimate of drug-likeness (QED) is 0.273. The summed E-state index contributed by atoms with van der Waals surface area (Å²) in [6.45, 7) is 1.43. The van der Waals surface area contributed by atoms with E-state index in [-0.39, 0.29) is 17.3 Å².